The highest BCUT2D eigenvalue weighted by Gasteiger charge is 2.24. The number of piperazine rings is 1. The number of benzene rings is 2. The lowest BCUT2D eigenvalue weighted by Gasteiger charge is -2.36. The molecule has 1 fully saturated rings. The molecule has 3 aromatic rings. The Morgan fingerprint density at radius 1 is 1.10 bits per heavy atom. The van der Waals surface area contributed by atoms with Gasteiger partial charge in [-0.3, -0.25) is 4.79 Å². The summed E-state index contributed by atoms with van der Waals surface area (Å²) in [6.45, 7) is 2.29. The van der Waals surface area contributed by atoms with Gasteiger partial charge in [0, 0.05) is 39.1 Å². The molecular formula is C20H20N6O3S2. The number of fused-ring (bicyclic) bond motifs is 1. The second-order valence-electron chi connectivity index (χ2n) is 7.03. The van der Waals surface area contributed by atoms with E-state index in [1.807, 2.05) is 18.2 Å². The predicted molar refractivity (Wildman–Crippen MR) is 117 cm³/mol. The van der Waals surface area contributed by atoms with Crippen molar-refractivity contribution < 1.29 is 13.2 Å². The van der Waals surface area contributed by atoms with Gasteiger partial charge in [-0.05, 0) is 24.3 Å². The van der Waals surface area contributed by atoms with Crippen LogP contribution in [-0.4, -0.2) is 60.7 Å². The Hall–Kier alpha value is -3.07. The number of hydrogen-bond donors (Lipinski definition) is 1. The summed E-state index contributed by atoms with van der Waals surface area (Å²) in [5.41, 5.74) is 2.34. The number of nitriles is 1. The molecule has 1 aliphatic heterocycles. The van der Waals surface area contributed by atoms with Gasteiger partial charge < -0.3 is 9.80 Å². The highest BCUT2D eigenvalue weighted by Crippen LogP contribution is 2.22. The standard InChI is InChI=1S/C20H20N6O3S2/c21-14-15-4-1-2-6-17(15)25-10-12-26(13-11-25)19(27)8-9-22-31(28,29)18-7-3-5-16-20(18)24-30-23-16/h1-7,22H,8-13H2. The number of para-hydroxylation sites is 1. The SMILES string of the molecule is N#Cc1ccccc1N1CCN(C(=O)CCNS(=O)(=O)c2cccc3nsnc23)CC1. The first kappa shape index (κ1) is 21.2. The van der Waals surface area contributed by atoms with Crippen molar-refractivity contribution in [3.05, 3.63) is 48.0 Å². The highest BCUT2D eigenvalue weighted by molar-refractivity contribution is 7.89. The van der Waals surface area contributed by atoms with E-state index in [-0.39, 0.29) is 23.8 Å². The number of amides is 1. The van der Waals surface area contributed by atoms with E-state index in [4.69, 9.17) is 0 Å². The van der Waals surface area contributed by atoms with Crippen LogP contribution in [0.3, 0.4) is 0 Å². The zero-order valence-electron chi connectivity index (χ0n) is 16.6. The van der Waals surface area contributed by atoms with Crippen molar-refractivity contribution >= 4 is 44.4 Å². The third-order valence-corrected chi connectivity index (χ3v) is 7.20. The van der Waals surface area contributed by atoms with E-state index < -0.39 is 10.0 Å². The van der Waals surface area contributed by atoms with Gasteiger partial charge in [-0.2, -0.15) is 14.0 Å². The van der Waals surface area contributed by atoms with Gasteiger partial charge in [-0.15, -0.1) is 0 Å². The fourth-order valence-corrected chi connectivity index (χ4v) is 5.36. The van der Waals surface area contributed by atoms with Crippen LogP contribution in [0.25, 0.3) is 11.0 Å². The maximum absolute atomic E-state index is 12.6. The summed E-state index contributed by atoms with van der Waals surface area (Å²) in [5, 5.41) is 9.28. The van der Waals surface area contributed by atoms with Crippen molar-refractivity contribution in [2.45, 2.75) is 11.3 Å². The van der Waals surface area contributed by atoms with Gasteiger partial charge in [0.25, 0.3) is 0 Å². The molecule has 0 atom stereocenters. The van der Waals surface area contributed by atoms with Gasteiger partial charge in [0.15, 0.2) is 0 Å². The fourth-order valence-electron chi connectivity index (χ4n) is 3.57. The molecule has 160 valence electrons. The van der Waals surface area contributed by atoms with Crippen LogP contribution in [0.1, 0.15) is 12.0 Å². The van der Waals surface area contributed by atoms with Crippen molar-refractivity contribution in [3.63, 3.8) is 0 Å². The van der Waals surface area contributed by atoms with Crippen LogP contribution in [0.5, 0.6) is 0 Å². The van der Waals surface area contributed by atoms with Crippen molar-refractivity contribution in [2.24, 2.45) is 0 Å². The molecule has 4 rings (SSSR count). The van der Waals surface area contributed by atoms with Crippen molar-refractivity contribution in [1.29, 1.82) is 5.26 Å². The average Bonchev–Trinajstić information content (AvgIpc) is 3.28. The molecule has 31 heavy (non-hydrogen) atoms. The zero-order chi connectivity index (χ0) is 21.8. The first-order valence-corrected chi connectivity index (χ1v) is 11.9. The Bertz CT molecular complexity index is 1240. The Balaban J connectivity index is 1.31. The van der Waals surface area contributed by atoms with Crippen LogP contribution in [0.2, 0.25) is 0 Å². The Labute approximate surface area is 184 Å². The minimum atomic E-state index is -3.79. The molecule has 0 spiro atoms. The van der Waals surface area contributed by atoms with Crippen molar-refractivity contribution in [2.75, 3.05) is 37.6 Å². The third-order valence-electron chi connectivity index (χ3n) is 5.17. The summed E-state index contributed by atoms with van der Waals surface area (Å²) in [6, 6.07) is 14.4. The number of nitrogens with one attached hydrogen (secondary N) is 1. The molecule has 0 saturated carbocycles. The second kappa shape index (κ2) is 8.97. The maximum atomic E-state index is 12.6. The number of sulfonamides is 1. The lowest BCUT2D eigenvalue weighted by Crippen LogP contribution is -2.49. The van der Waals surface area contributed by atoms with Crippen LogP contribution in [0, 0.1) is 11.3 Å². The van der Waals surface area contributed by atoms with Gasteiger partial charge in [-0.25, -0.2) is 13.1 Å². The van der Waals surface area contributed by atoms with E-state index in [0.29, 0.717) is 42.8 Å². The van der Waals surface area contributed by atoms with Crippen molar-refractivity contribution in [3.8, 4) is 6.07 Å². The molecule has 11 heteroatoms. The van der Waals surface area contributed by atoms with Gasteiger partial charge in [0.05, 0.1) is 23.0 Å². The molecule has 1 saturated heterocycles. The molecule has 0 unspecified atom stereocenters. The normalized spacial score (nSPS) is 14.5. The van der Waals surface area contributed by atoms with Gasteiger partial charge in [0.2, 0.25) is 15.9 Å². The number of anilines is 1. The summed E-state index contributed by atoms with van der Waals surface area (Å²) in [6.07, 6.45) is 0.0688. The number of hydrogen-bond acceptors (Lipinski definition) is 8. The molecule has 0 aliphatic carbocycles. The van der Waals surface area contributed by atoms with Crippen LogP contribution >= 0.6 is 11.7 Å². The number of rotatable bonds is 6. The van der Waals surface area contributed by atoms with E-state index in [9.17, 15) is 18.5 Å². The number of carbonyl (C=O) groups is 1. The first-order valence-electron chi connectivity index (χ1n) is 9.72. The summed E-state index contributed by atoms with van der Waals surface area (Å²) in [5.74, 6) is -0.107. The van der Waals surface area contributed by atoms with Gasteiger partial charge in [-0.1, -0.05) is 18.2 Å². The monoisotopic (exact) mass is 456 g/mol. The summed E-state index contributed by atoms with van der Waals surface area (Å²) in [7, 11) is -3.79. The quantitative estimate of drug-likeness (QED) is 0.598. The van der Waals surface area contributed by atoms with E-state index in [2.05, 4.69) is 24.4 Å². The van der Waals surface area contributed by atoms with Crippen molar-refractivity contribution in [1.82, 2.24) is 18.4 Å². The Morgan fingerprint density at radius 2 is 1.87 bits per heavy atom. The fraction of sp³-hybridized carbons (Fsp3) is 0.300. The highest BCUT2D eigenvalue weighted by atomic mass is 32.2. The zero-order valence-corrected chi connectivity index (χ0v) is 18.2. The molecule has 1 aliphatic rings. The molecule has 1 amide bonds. The molecule has 2 heterocycles. The predicted octanol–water partition coefficient (Wildman–Crippen LogP) is 1.58. The topological polar surface area (TPSA) is 119 Å². The van der Waals surface area contributed by atoms with E-state index in [1.54, 1.807) is 23.1 Å². The molecule has 0 radical (unpaired) electrons. The number of aromatic nitrogens is 2. The smallest absolute Gasteiger partial charge is 0.242 e. The minimum absolute atomic E-state index is 0.00655. The van der Waals surface area contributed by atoms with E-state index in [1.165, 1.54) is 6.07 Å². The minimum Gasteiger partial charge on any atom is -0.367 e. The van der Waals surface area contributed by atoms with Gasteiger partial charge >= 0.3 is 0 Å². The van der Waals surface area contributed by atoms with Gasteiger partial charge in [0.1, 0.15) is 22.0 Å². The van der Waals surface area contributed by atoms with Crippen LogP contribution < -0.4 is 9.62 Å². The summed E-state index contributed by atoms with van der Waals surface area (Å²) in [4.78, 5) is 16.4. The lowest BCUT2D eigenvalue weighted by atomic mass is 10.1. The summed E-state index contributed by atoms with van der Waals surface area (Å²) >= 11 is 0.957. The lowest BCUT2D eigenvalue weighted by molar-refractivity contribution is -0.131. The molecular weight excluding hydrogens is 436 g/mol. The summed E-state index contributed by atoms with van der Waals surface area (Å²) < 4.78 is 35.9. The Kier molecular flexibility index (Phi) is 6.13. The first-order chi connectivity index (χ1) is 15.0. The second-order valence-corrected chi connectivity index (χ2v) is 9.30. The maximum Gasteiger partial charge on any atom is 0.242 e. The number of nitrogens with zero attached hydrogens (tertiary/aromatic N) is 5. The van der Waals surface area contributed by atoms with Crippen LogP contribution in [0.4, 0.5) is 5.69 Å². The average molecular weight is 457 g/mol. The molecule has 1 aromatic heterocycles. The van der Waals surface area contributed by atoms with E-state index in [0.717, 1.165) is 17.4 Å². The van der Waals surface area contributed by atoms with Crippen LogP contribution in [-0.2, 0) is 14.8 Å². The molecule has 1 N–H and O–H groups in total. The van der Waals surface area contributed by atoms with Crippen LogP contribution in [0.15, 0.2) is 47.4 Å². The van der Waals surface area contributed by atoms with E-state index >= 15 is 0 Å². The molecule has 9 nitrogen and oxygen atoms in total. The molecule has 0 bridgehead atoms. The molecule has 2 aromatic carbocycles. The largest absolute Gasteiger partial charge is 0.367 e. The third kappa shape index (κ3) is 4.51. The Morgan fingerprint density at radius 3 is 2.65 bits per heavy atom. The number of carbonyl (C=O) groups excluding carboxylic acids is 1.